The Kier molecular flexibility index (Phi) is 5.94. The van der Waals surface area contributed by atoms with Crippen LogP contribution in [0.25, 0.3) is 0 Å². The van der Waals surface area contributed by atoms with Gasteiger partial charge in [-0.15, -0.1) is 11.3 Å². The fourth-order valence-electron chi connectivity index (χ4n) is 1.58. The Bertz CT molecular complexity index is 459. The lowest BCUT2D eigenvalue weighted by molar-refractivity contribution is -0.871. The highest BCUT2D eigenvalue weighted by Crippen LogP contribution is 2.27. The van der Waals surface area contributed by atoms with E-state index in [-0.39, 0.29) is 24.6 Å². The normalized spacial score (nSPS) is 12.2. The van der Waals surface area contributed by atoms with Crippen LogP contribution in [0.1, 0.15) is 22.2 Å². The third-order valence-corrected chi connectivity index (χ3v) is 3.80. The Hall–Kier alpha value is -1.44. The smallest absolute Gasteiger partial charge is 0.280 e. The standard InChI is InChI=1S/C12H18N2O4S/c1-3-8-6-9(12(17)18)11(19-8)13-10(16)7-14(2)4-5-15/h6,15H,3-5,7H2,1-2H3,(H,13,16)(H,17,18). The summed E-state index contributed by atoms with van der Waals surface area (Å²) in [6, 6.07) is 1.53. The molecule has 0 bridgehead atoms. The number of likely N-dealkylation sites (N-methyl/N-ethyl adjacent to an activating group) is 1. The number of carboxylic acids is 1. The molecule has 1 aromatic heterocycles. The molecule has 1 heterocycles. The monoisotopic (exact) mass is 286 g/mol. The fraction of sp³-hybridized carbons (Fsp3) is 0.500. The molecular weight excluding hydrogens is 268 g/mol. The van der Waals surface area contributed by atoms with Crippen LogP contribution in [0, 0.1) is 0 Å². The van der Waals surface area contributed by atoms with Crippen molar-refractivity contribution in [3.05, 3.63) is 16.5 Å². The van der Waals surface area contributed by atoms with E-state index >= 15 is 0 Å². The van der Waals surface area contributed by atoms with Gasteiger partial charge in [0.25, 0.3) is 5.91 Å². The summed E-state index contributed by atoms with van der Waals surface area (Å²) < 4.78 is 0. The number of hydrogen-bond acceptors (Lipinski definition) is 5. The molecule has 3 N–H and O–H groups in total. The zero-order valence-electron chi connectivity index (χ0n) is 11.0. The van der Waals surface area contributed by atoms with Gasteiger partial charge in [0.2, 0.25) is 0 Å². The van der Waals surface area contributed by atoms with Gasteiger partial charge in [0.1, 0.15) is 11.5 Å². The summed E-state index contributed by atoms with van der Waals surface area (Å²) in [7, 11) is 1.78. The van der Waals surface area contributed by atoms with Gasteiger partial charge < -0.3 is 25.2 Å². The highest BCUT2D eigenvalue weighted by atomic mass is 32.1. The molecule has 0 fully saturated rings. The maximum Gasteiger partial charge on any atom is 0.280 e. The Morgan fingerprint density at radius 1 is 1.53 bits per heavy atom. The Morgan fingerprint density at radius 2 is 2.21 bits per heavy atom. The van der Waals surface area contributed by atoms with Crippen molar-refractivity contribution in [2.75, 3.05) is 32.1 Å². The molecule has 1 atom stereocenters. The highest BCUT2D eigenvalue weighted by Gasteiger charge is 2.15. The second-order valence-corrected chi connectivity index (χ2v) is 5.39. The van der Waals surface area contributed by atoms with Gasteiger partial charge in [0, 0.05) is 10.4 Å². The molecule has 1 amide bonds. The number of rotatable bonds is 7. The van der Waals surface area contributed by atoms with Gasteiger partial charge in [0.15, 0.2) is 6.54 Å². The number of nitrogens with one attached hydrogen (secondary N) is 2. The van der Waals surface area contributed by atoms with E-state index in [0.29, 0.717) is 18.0 Å². The van der Waals surface area contributed by atoms with Crippen LogP contribution in [0.5, 0.6) is 0 Å². The van der Waals surface area contributed by atoms with Crippen molar-refractivity contribution >= 4 is 28.2 Å². The second kappa shape index (κ2) is 7.22. The van der Waals surface area contributed by atoms with Crippen LogP contribution in [0.2, 0.25) is 0 Å². The maximum absolute atomic E-state index is 11.7. The van der Waals surface area contributed by atoms with E-state index in [2.05, 4.69) is 5.32 Å². The van der Waals surface area contributed by atoms with E-state index < -0.39 is 5.97 Å². The zero-order valence-corrected chi connectivity index (χ0v) is 11.8. The average Bonchev–Trinajstić information content (AvgIpc) is 2.72. The molecule has 1 rings (SSSR count). The molecule has 6 nitrogen and oxygen atoms in total. The number of thiophene rings is 1. The minimum Gasteiger partial charge on any atom is -0.545 e. The van der Waals surface area contributed by atoms with Crippen LogP contribution >= 0.6 is 11.3 Å². The predicted molar refractivity (Wildman–Crippen MR) is 70.4 cm³/mol. The van der Waals surface area contributed by atoms with E-state index in [9.17, 15) is 14.7 Å². The number of hydrogen-bond donors (Lipinski definition) is 3. The molecule has 106 valence electrons. The molecule has 1 unspecified atom stereocenters. The third-order valence-electron chi connectivity index (χ3n) is 2.61. The summed E-state index contributed by atoms with van der Waals surface area (Å²) in [5.74, 6) is -1.57. The van der Waals surface area contributed by atoms with Gasteiger partial charge in [-0.2, -0.15) is 0 Å². The number of quaternary nitrogens is 1. The highest BCUT2D eigenvalue weighted by molar-refractivity contribution is 7.16. The fourth-order valence-corrected chi connectivity index (χ4v) is 2.59. The van der Waals surface area contributed by atoms with Gasteiger partial charge in [-0.25, -0.2) is 0 Å². The SMILES string of the molecule is CCc1cc(C(=O)[O-])c(NC(=O)C[NH+](C)CCO)s1. The molecule has 7 heteroatoms. The first-order valence-corrected chi connectivity index (χ1v) is 6.85. The van der Waals surface area contributed by atoms with Crippen molar-refractivity contribution in [3.8, 4) is 0 Å². The van der Waals surface area contributed by atoms with E-state index in [1.165, 1.54) is 17.4 Å². The predicted octanol–water partition coefficient (Wildman–Crippen LogP) is -1.88. The van der Waals surface area contributed by atoms with Crippen LogP contribution in [0.15, 0.2) is 6.07 Å². The maximum atomic E-state index is 11.7. The van der Waals surface area contributed by atoms with E-state index in [1.807, 2.05) is 6.92 Å². The van der Waals surface area contributed by atoms with Crippen LogP contribution in [0.4, 0.5) is 5.00 Å². The van der Waals surface area contributed by atoms with Crippen LogP contribution < -0.4 is 15.3 Å². The topological polar surface area (TPSA) is 93.9 Å². The number of carboxylic acid groups (broad SMARTS) is 1. The van der Waals surface area contributed by atoms with Gasteiger partial charge in [-0.3, -0.25) is 4.79 Å². The van der Waals surface area contributed by atoms with Gasteiger partial charge in [0.05, 0.1) is 19.6 Å². The number of aryl methyl sites for hydroxylation is 1. The summed E-state index contributed by atoms with van der Waals surface area (Å²) in [6.07, 6.45) is 0.705. The second-order valence-electron chi connectivity index (χ2n) is 4.25. The molecule has 0 saturated heterocycles. The van der Waals surface area contributed by atoms with Crippen molar-refractivity contribution < 1.29 is 24.7 Å². The first-order valence-electron chi connectivity index (χ1n) is 6.04. The first kappa shape index (κ1) is 15.6. The van der Waals surface area contributed by atoms with Crippen LogP contribution in [-0.2, 0) is 11.2 Å². The third kappa shape index (κ3) is 4.62. The van der Waals surface area contributed by atoms with Crippen molar-refractivity contribution in [2.45, 2.75) is 13.3 Å². The van der Waals surface area contributed by atoms with E-state index in [4.69, 9.17) is 5.11 Å². The molecule has 0 aliphatic rings. The lowest BCUT2D eigenvalue weighted by atomic mass is 10.2. The summed E-state index contributed by atoms with van der Waals surface area (Å²) in [5, 5.41) is 22.6. The largest absolute Gasteiger partial charge is 0.545 e. The molecule has 0 aliphatic heterocycles. The van der Waals surface area contributed by atoms with Crippen molar-refractivity contribution in [1.29, 1.82) is 0 Å². The molecule has 0 aromatic carbocycles. The van der Waals surface area contributed by atoms with Crippen LogP contribution in [-0.4, -0.2) is 43.7 Å². The molecular formula is C12H18N2O4S. The number of carbonyl (C=O) groups is 2. The lowest BCUT2D eigenvalue weighted by Crippen LogP contribution is -3.10. The number of amides is 1. The molecule has 0 radical (unpaired) electrons. The number of aliphatic hydroxyl groups is 1. The van der Waals surface area contributed by atoms with Gasteiger partial charge in [-0.05, 0) is 12.5 Å². The summed E-state index contributed by atoms with van der Waals surface area (Å²) in [5.41, 5.74) is 0.0232. The lowest BCUT2D eigenvalue weighted by Gasteiger charge is -2.12. The van der Waals surface area contributed by atoms with E-state index in [0.717, 1.165) is 9.78 Å². The number of aromatic carboxylic acids is 1. The number of anilines is 1. The summed E-state index contributed by atoms with van der Waals surface area (Å²) >= 11 is 1.25. The van der Waals surface area contributed by atoms with Gasteiger partial charge >= 0.3 is 0 Å². The molecule has 19 heavy (non-hydrogen) atoms. The minimum absolute atomic E-state index is 0.00238. The van der Waals surface area contributed by atoms with Crippen molar-refractivity contribution in [3.63, 3.8) is 0 Å². The van der Waals surface area contributed by atoms with Crippen LogP contribution in [0.3, 0.4) is 0 Å². The van der Waals surface area contributed by atoms with Crippen molar-refractivity contribution in [2.24, 2.45) is 0 Å². The molecule has 0 aliphatic carbocycles. The summed E-state index contributed by atoms with van der Waals surface area (Å²) in [6.45, 7) is 2.55. The molecule has 0 saturated carbocycles. The first-order chi connectivity index (χ1) is 8.97. The molecule has 1 aromatic rings. The van der Waals surface area contributed by atoms with E-state index in [1.54, 1.807) is 7.05 Å². The summed E-state index contributed by atoms with van der Waals surface area (Å²) in [4.78, 5) is 24.4. The Morgan fingerprint density at radius 3 is 2.74 bits per heavy atom. The Labute approximate surface area is 115 Å². The molecule has 0 spiro atoms. The quantitative estimate of drug-likeness (QED) is 0.547. The number of carbonyl (C=O) groups excluding carboxylic acids is 2. The van der Waals surface area contributed by atoms with Crippen molar-refractivity contribution in [1.82, 2.24) is 0 Å². The number of aliphatic hydroxyl groups excluding tert-OH is 1. The minimum atomic E-state index is -1.29. The van der Waals surface area contributed by atoms with Gasteiger partial charge in [-0.1, -0.05) is 6.92 Å². The average molecular weight is 286 g/mol. The Balaban J connectivity index is 2.73. The zero-order chi connectivity index (χ0) is 14.4.